The number of hydrogen-bond acceptors (Lipinski definition) is 4. The third-order valence-corrected chi connectivity index (χ3v) is 4.70. The van der Waals surface area contributed by atoms with Crippen LogP contribution >= 0.6 is 11.3 Å². The van der Waals surface area contributed by atoms with E-state index >= 15 is 0 Å². The van der Waals surface area contributed by atoms with Gasteiger partial charge in [0.1, 0.15) is 5.69 Å². The van der Waals surface area contributed by atoms with Crippen LogP contribution in [0.15, 0.2) is 24.4 Å². The number of thiophene rings is 1. The predicted octanol–water partition coefficient (Wildman–Crippen LogP) is 2.26. The summed E-state index contributed by atoms with van der Waals surface area (Å²) in [6.45, 7) is 0.342. The van der Waals surface area contributed by atoms with Crippen molar-refractivity contribution in [3.8, 4) is 0 Å². The molecule has 108 valence electrons. The molecule has 3 rings (SSSR count). The molecule has 2 aromatic rings. The maximum atomic E-state index is 12.1. The van der Waals surface area contributed by atoms with Gasteiger partial charge in [0.05, 0.1) is 4.88 Å². The molecule has 1 aliphatic carbocycles. The first-order valence-corrected chi connectivity index (χ1v) is 7.53. The summed E-state index contributed by atoms with van der Waals surface area (Å²) in [4.78, 5) is 28.7. The summed E-state index contributed by atoms with van der Waals surface area (Å²) in [5.74, 6) is -1.14. The van der Waals surface area contributed by atoms with Gasteiger partial charge in [0.15, 0.2) is 0 Å². The number of aryl methyl sites for hydroxylation is 2. The first-order valence-electron chi connectivity index (χ1n) is 6.71. The van der Waals surface area contributed by atoms with Crippen LogP contribution in [-0.2, 0) is 19.4 Å². The lowest BCUT2D eigenvalue weighted by molar-refractivity contribution is 0.0690. The van der Waals surface area contributed by atoms with Gasteiger partial charge in [-0.3, -0.25) is 4.79 Å². The van der Waals surface area contributed by atoms with Gasteiger partial charge >= 0.3 is 5.97 Å². The fourth-order valence-electron chi connectivity index (χ4n) is 2.37. The Balaban J connectivity index is 1.61. The number of carbonyl (C=O) groups is 2. The van der Waals surface area contributed by atoms with Crippen molar-refractivity contribution in [3.05, 3.63) is 51.0 Å². The quantitative estimate of drug-likeness (QED) is 0.908. The highest BCUT2D eigenvalue weighted by atomic mass is 32.1. The number of carbonyl (C=O) groups excluding carboxylic acids is 1. The number of carboxylic acid groups (broad SMARTS) is 1. The fourth-order valence-corrected chi connectivity index (χ4v) is 3.54. The molecule has 0 bridgehead atoms. The molecule has 1 aliphatic rings. The van der Waals surface area contributed by atoms with Crippen molar-refractivity contribution in [2.75, 3.05) is 0 Å². The Bertz CT molecular complexity index is 670. The summed E-state index contributed by atoms with van der Waals surface area (Å²) in [6.07, 6.45) is 4.80. The van der Waals surface area contributed by atoms with E-state index in [2.05, 4.69) is 10.3 Å². The lowest BCUT2D eigenvalue weighted by Gasteiger charge is -2.04. The van der Waals surface area contributed by atoms with E-state index in [4.69, 9.17) is 5.11 Å². The van der Waals surface area contributed by atoms with Gasteiger partial charge in [-0.2, -0.15) is 0 Å². The molecule has 2 aromatic heterocycles. The third kappa shape index (κ3) is 2.95. The van der Waals surface area contributed by atoms with E-state index in [9.17, 15) is 9.59 Å². The standard InChI is InChI=1S/C15H14N2O3S/c18-14(13-6-10-2-1-3-12(10)21-13)17-8-9-4-5-11(15(19)20)16-7-9/h4-7H,1-3,8H2,(H,17,18)(H,19,20). The lowest BCUT2D eigenvalue weighted by atomic mass is 10.2. The van der Waals surface area contributed by atoms with Crippen LogP contribution in [0.5, 0.6) is 0 Å². The molecule has 2 N–H and O–H groups in total. The van der Waals surface area contributed by atoms with Gasteiger partial charge in [-0.05, 0) is 42.5 Å². The van der Waals surface area contributed by atoms with Crippen LogP contribution < -0.4 is 5.32 Å². The number of aromatic carboxylic acids is 1. The van der Waals surface area contributed by atoms with Crippen LogP contribution in [0.4, 0.5) is 0 Å². The molecule has 0 saturated heterocycles. The smallest absolute Gasteiger partial charge is 0.354 e. The maximum absolute atomic E-state index is 12.1. The minimum absolute atomic E-state index is 0.000224. The Morgan fingerprint density at radius 3 is 2.86 bits per heavy atom. The van der Waals surface area contributed by atoms with E-state index in [1.165, 1.54) is 29.1 Å². The molecular formula is C15H14N2O3S. The van der Waals surface area contributed by atoms with Crippen molar-refractivity contribution >= 4 is 23.2 Å². The van der Waals surface area contributed by atoms with E-state index < -0.39 is 5.97 Å². The topological polar surface area (TPSA) is 79.3 Å². The van der Waals surface area contributed by atoms with E-state index in [1.54, 1.807) is 17.4 Å². The van der Waals surface area contributed by atoms with Crippen LogP contribution in [0.2, 0.25) is 0 Å². The summed E-state index contributed by atoms with van der Waals surface area (Å²) in [5, 5.41) is 11.6. The first-order chi connectivity index (χ1) is 10.1. The second-order valence-corrected chi connectivity index (χ2v) is 6.09. The Hall–Kier alpha value is -2.21. The monoisotopic (exact) mass is 302 g/mol. The number of hydrogen-bond donors (Lipinski definition) is 2. The highest BCUT2D eigenvalue weighted by molar-refractivity contribution is 7.14. The van der Waals surface area contributed by atoms with Crippen molar-refractivity contribution < 1.29 is 14.7 Å². The molecule has 0 aliphatic heterocycles. The molecule has 0 atom stereocenters. The second kappa shape index (κ2) is 5.65. The third-order valence-electron chi connectivity index (χ3n) is 3.47. The Morgan fingerprint density at radius 2 is 2.19 bits per heavy atom. The first kappa shape index (κ1) is 13.8. The molecule has 0 spiro atoms. The molecule has 21 heavy (non-hydrogen) atoms. The van der Waals surface area contributed by atoms with Crippen LogP contribution in [-0.4, -0.2) is 22.0 Å². The van der Waals surface area contributed by atoms with Gasteiger partial charge in [0.2, 0.25) is 0 Å². The van der Waals surface area contributed by atoms with Crippen LogP contribution in [0.3, 0.4) is 0 Å². The summed E-state index contributed by atoms with van der Waals surface area (Å²) >= 11 is 1.57. The Kier molecular flexibility index (Phi) is 3.70. The SMILES string of the molecule is O=C(O)c1ccc(CNC(=O)c2cc3c(s2)CCC3)cn1. The minimum Gasteiger partial charge on any atom is -0.477 e. The zero-order chi connectivity index (χ0) is 14.8. The summed E-state index contributed by atoms with van der Waals surface area (Å²) in [7, 11) is 0. The number of pyridine rings is 1. The molecule has 1 amide bonds. The number of aromatic nitrogens is 1. The van der Waals surface area contributed by atoms with Crippen molar-refractivity contribution in [2.24, 2.45) is 0 Å². The average molecular weight is 302 g/mol. The van der Waals surface area contributed by atoms with Crippen molar-refractivity contribution in [3.63, 3.8) is 0 Å². The number of nitrogens with zero attached hydrogens (tertiary/aromatic N) is 1. The van der Waals surface area contributed by atoms with Gasteiger partial charge in [0, 0.05) is 17.6 Å². The van der Waals surface area contributed by atoms with E-state index in [0.29, 0.717) is 6.54 Å². The van der Waals surface area contributed by atoms with E-state index in [1.807, 2.05) is 6.07 Å². The lowest BCUT2D eigenvalue weighted by Crippen LogP contribution is -2.22. The van der Waals surface area contributed by atoms with Crippen LogP contribution in [0, 0.1) is 0 Å². The van der Waals surface area contributed by atoms with Gasteiger partial charge < -0.3 is 10.4 Å². The van der Waals surface area contributed by atoms with E-state index in [0.717, 1.165) is 23.3 Å². The van der Waals surface area contributed by atoms with Crippen molar-refractivity contribution in [1.82, 2.24) is 10.3 Å². The molecule has 6 heteroatoms. The van der Waals surface area contributed by atoms with Gasteiger partial charge in [-0.1, -0.05) is 6.07 Å². The number of carboxylic acids is 1. The predicted molar refractivity (Wildman–Crippen MR) is 78.7 cm³/mol. The highest BCUT2D eigenvalue weighted by Crippen LogP contribution is 2.30. The average Bonchev–Trinajstić information content (AvgIpc) is 3.06. The van der Waals surface area contributed by atoms with Crippen molar-refractivity contribution in [1.29, 1.82) is 0 Å². The summed E-state index contributed by atoms with van der Waals surface area (Å²) in [5.41, 5.74) is 2.08. The summed E-state index contributed by atoms with van der Waals surface area (Å²) < 4.78 is 0. The highest BCUT2D eigenvalue weighted by Gasteiger charge is 2.18. The maximum Gasteiger partial charge on any atom is 0.354 e. The molecule has 2 heterocycles. The fraction of sp³-hybridized carbons (Fsp3) is 0.267. The number of amides is 1. The molecule has 0 saturated carbocycles. The molecule has 0 unspecified atom stereocenters. The largest absolute Gasteiger partial charge is 0.477 e. The minimum atomic E-state index is -1.06. The van der Waals surface area contributed by atoms with Gasteiger partial charge in [0.25, 0.3) is 5.91 Å². The number of fused-ring (bicyclic) bond motifs is 1. The zero-order valence-electron chi connectivity index (χ0n) is 11.3. The Labute approximate surface area is 125 Å². The van der Waals surface area contributed by atoms with Gasteiger partial charge in [-0.15, -0.1) is 11.3 Å². The number of rotatable bonds is 4. The molecule has 0 aromatic carbocycles. The second-order valence-electron chi connectivity index (χ2n) is 4.95. The van der Waals surface area contributed by atoms with E-state index in [-0.39, 0.29) is 11.6 Å². The number of nitrogens with one attached hydrogen (secondary N) is 1. The zero-order valence-corrected chi connectivity index (χ0v) is 12.1. The Morgan fingerprint density at radius 1 is 1.33 bits per heavy atom. The molecule has 0 fully saturated rings. The molecular weight excluding hydrogens is 288 g/mol. The normalized spacial score (nSPS) is 13.0. The molecule has 0 radical (unpaired) electrons. The van der Waals surface area contributed by atoms with Crippen LogP contribution in [0.25, 0.3) is 0 Å². The van der Waals surface area contributed by atoms with Crippen molar-refractivity contribution in [2.45, 2.75) is 25.8 Å². The van der Waals surface area contributed by atoms with Gasteiger partial charge in [-0.25, -0.2) is 9.78 Å². The van der Waals surface area contributed by atoms with Crippen LogP contribution in [0.1, 0.15) is 42.6 Å². The molecule has 5 nitrogen and oxygen atoms in total. The summed E-state index contributed by atoms with van der Waals surface area (Å²) in [6, 6.07) is 5.07.